The first-order chi connectivity index (χ1) is 13.1. The van der Waals surface area contributed by atoms with Gasteiger partial charge in [0.05, 0.1) is 0 Å². The van der Waals surface area contributed by atoms with Gasteiger partial charge in [0.15, 0.2) is 0 Å². The molecule has 0 unspecified atom stereocenters. The maximum absolute atomic E-state index is 12.5. The van der Waals surface area contributed by atoms with E-state index in [2.05, 4.69) is 61.9 Å². The molecule has 5 heteroatoms. The van der Waals surface area contributed by atoms with Crippen LogP contribution in [0.25, 0.3) is 0 Å². The molecule has 28 heavy (non-hydrogen) atoms. The van der Waals surface area contributed by atoms with E-state index in [1.165, 1.54) is 11.9 Å². The second kappa shape index (κ2) is 7.76. The molecule has 1 spiro atoms. The summed E-state index contributed by atoms with van der Waals surface area (Å²) in [5.41, 5.74) is 3.61. The fourth-order valence-corrected chi connectivity index (χ4v) is 4.36. The third-order valence-corrected chi connectivity index (χ3v) is 5.91. The van der Waals surface area contributed by atoms with Gasteiger partial charge in [-0.05, 0) is 50.3 Å². The smallest absolute Gasteiger partial charge is 0.223 e. The Morgan fingerprint density at radius 1 is 1.25 bits per heavy atom. The quantitative estimate of drug-likeness (QED) is 0.741. The van der Waals surface area contributed by atoms with Crippen LogP contribution in [0.3, 0.4) is 0 Å². The molecule has 0 bridgehead atoms. The molecule has 2 saturated heterocycles. The van der Waals surface area contributed by atoms with Crippen LogP contribution in [0.1, 0.15) is 59.4 Å². The fourth-order valence-electron chi connectivity index (χ4n) is 4.36. The molecule has 0 aliphatic carbocycles. The van der Waals surface area contributed by atoms with Crippen LogP contribution in [0, 0.1) is 16.2 Å². The van der Waals surface area contributed by atoms with E-state index in [1.807, 2.05) is 6.07 Å². The first kappa shape index (κ1) is 20.7. The summed E-state index contributed by atoms with van der Waals surface area (Å²) in [6.45, 7) is 14.6. The molecule has 2 aliphatic rings. The minimum atomic E-state index is 0.0594. The van der Waals surface area contributed by atoms with Gasteiger partial charge in [-0.2, -0.15) is 0 Å². The minimum Gasteiger partial charge on any atom is -0.382 e. The highest BCUT2D eigenvalue weighted by Crippen LogP contribution is 2.43. The molecular formula is C23H36N4O. The van der Waals surface area contributed by atoms with Crippen molar-refractivity contribution in [3.63, 3.8) is 0 Å². The Bertz CT molecular complexity index is 719. The van der Waals surface area contributed by atoms with Crippen LogP contribution in [0.2, 0.25) is 0 Å². The number of rotatable bonds is 5. The zero-order valence-electron chi connectivity index (χ0n) is 18.1. The van der Waals surface area contributed by atoms with Gasteiger partial charge in [0.1, 0.15) is 0 Å². The molecule has 1 amide bonds. The number of hydrogen-bond acceptors (Lipinski definition) is 4. The Balaban J connectivity index is 1.58. The van der Waals surface area contributed by atoms with E-state index < -0.39 is 0 Å². The number of carbonyl (C=O) groups is 1. The number of hydrogen-bond donors (Lipinski definition) is 2. The summed E-state index contributed by atoms with van der Waals surface area (Å²) in [6, 6.07) is 6.67. The Kier molecular flexibility index (Phi) is 5.74. The normalized spacial score (nSPS) is 18.9. The monoisotopic (exact) mass is 384 g/mol. The van der Waals surface area contributed by atoms with Crippen LogP contribution in [-0.4, -0.2) is 49.2 Å². The summed E-state index contributed by atoms with van der Waals surface area (Å²) >= 11 is 0. The molecule has 154 valence electrons. The molecule has 0 radical (unpaired) electrons. The van der Waals surface area contributed by atoms with E-state index in [0.717, 1.165) is 50.3 Å². The minimum absolute atomic E-state index is 0.0594. The lowest BCUT2D eigenvalue weighted by molar-refractivity contribution is -0.135. The van der Waals surface area contributed by atoms with Crippen molar-refractivity contribution in [3.05, 3.63) is 23.8 Å². The zero-order chi connectivity index (χ0) is 20.5. The van der Waals surface area contributed by atoms with Gasteiger partial charge in [0, 0.05) is 67.2 Å². The molecule has 5 nitrogen and oxygen atoms in total. The van der Waals surface area contributed by atoms with Crippen LogP contribution in [0.5, 0.6) is 0 Å². The van der Waals surface area contributed by atoms with E-state index in [9.17, 15) is 4.79 Å². The van der Waals surface area contributed by atoms with Crippen molar-refractivity contribution in [2.75, 3.05) is 36.4 Å². The summed E-state index contributed by atoms with van der Waals surface area (Å²) < 4.78 is 0. The molecule has 0 atom stereocenters. The van der Waals surface area contributed by atoms with Crippen molar-refractivity contribution >= 4 is 23.5 Å². The van der Waals surface area contributed by atoms with E-state index in [0.29, 0.717) is 23.8 Å². The average Bonchev–Trinajstić information content (AvgIpc) is 2.57. The summed E-state index contributed by atoms with van der Waals surface area (Å²) in [5, 5.41) is 11.1. The largest absolute Gasteiger partial charge is 0.382 e. The van der Waals surface area contributed by atoms with Gasteiger partial charge in [0.2, 0.25) is 5.91 Å². The highest BCUT2D eigenvalue weighted by Gasteiger charge is 2.45. The fraction of sp³-hybridized carbons (Fsp3) is 0.652. The van der Waals surface area contributed by atoms with E-state index in [-0.39, 0.29) is 5.41 Å². The Morgan fingerprint density at radius 3 is 2.43 bits per heavy atom. The van der Waals surface area contributed by atoms with Crippen LogP contribution >= 0.6 is 0 Å². The first-order valence-corrected chi connectivity index (χ1v) is 10.5. The second-order valence-corrected chi connectivity index (χ2v) is 10.2. The van der Waals surface area contributed by atoms with Crippen molar-refractivity contribution in [2.45, 2.75) is 59.9 Å². The molecular weight excluding hydrogens is 348 g/mol. The van der Waals surface area contributed by atoms with Gasteiger partial charge in [-0.15, -0.1) is 0 Å². The summed E-state index contributed by atoms with van der Waals surface area (Å²) in [5.74, 6) is 0.310. The van der Waals surface area contributed by atoms with Crippen LogP contribution in [0.4, 0.5) is 11.4 Å². The number of amides is 1. The molecule has 0 saturated carbocycles. The lowest BCUT2D eigenvalue weighted by atomic mass is 9.71. The van der Waals surface area contributed by atoms with Gasteiger partial charge < -0.3 is 20.5 Å². The van der Waals surface area contributed by atoms with Crippen molar-refractivity contribution in [2.24, 2.45) is 10.8 Å². The Morgan fingerprint density at radius 2 is 1.89 bits per heavy atom. The van der Waals surface area contributed by atoms with Gasteiger partial charge in [0.25, 0.3) is 0 Å². The lowest BCUT2D eigenvalue weighted by Gasteiger charge is -2.55. The third-order valence-electron chi connectivity index (χ3n) is 5.91. The standard InChI is InChI=1S/C23H36N4O/c1-17(2)25-20-12-19(7-6-18(20)14-24)27-15-23(16-27)8-10-26(11-9-23)21(28)13-22(3,4)5/h6-7,12,14,17,24-25H,8-11,13,15-16H2,1-5H3. The molecule has 3 rings (SSSR count). The van der Waals surface area contributed by atoms with Crippen molar-refractivity contribution < 1.29 is 4.79 Å². The highest BCUT2D eigenvalue weighted by molar-refractivity contribution is 5.87. The number of benzene rings is 1. The van der Waals surface area contributed by atoms with Crippen molar-refractivity contribution in [1.29, 1.82) is 5.41 Å². The zero-order valence-corrected chi connectivity index (χ0v) is 18.1. The molecule has 1 aromatic rings. The van der Waals surface area contributed by atoms with Crippen molar-refractivity contribution in [3.8, 4) is 0 Å². The van der Waals surface area contributed by atoms with Crippen LogP contribution in [-0.2, 0) is 4.79 Å². The van der Waals surface area contributed by atoms with Gasteiger partial charge in [-0.1, -0.05) is 20.8 Å². The number of anilines is 2. The average molecular weight is 385 g/mol. The number of nitrogens with zero attached hydrogens (tertiary/aromatic N) is 2. The summed E-state index contributed by atoms with van der Waals surface area (Å²) in [6.07, 6.45) is 4.26. The van der Waals surface area contributed by atoms with Crippen LogP contribution in [0.15, 0.2) is 18.2 Å². The predicted octanol–water partition coefficient (Wildman–Crippen LogP) is 4.37. The maximum Gasteiger partial charge on any atom is 0.223 e. The number of likely N-dealkylation sites (tertiary alicyclic amines) is 1. The van der Waals surface area contributed by atoms with Crippen molar-refractivity contribution in [1.82, 2.24) is 4.90 Å². The maximum atomic E-state index is 12.5. The van der Waals surface area contributed by atoms with Gasteiger partial charge >= 0.3 is 0 Å². The molecule has 2 heterocycles. The Hall–Kier alpha value is -2.04. The number of nitrogens with one attached hydrogen (secondary N) is 2. The Labute approximate surface area is 170 Å². The van der Waals surface area contributed by atoms with E-state index in [4.69, 9.17) is 5.41 Å². The van der Waals surface area contributed by atoms with Crippen LogP contribution < -0.4 is 10.2 Å². The number of piperidine rings is 1. The van der Waals surface area contributed by atoms with Gasteiger partial charge in [-0.3, -0.25) is 4.79 Å². The van der Waals surface area contributed by atoms with E-state index >= 15 is 0 Å². The SMILES string of the molecule is CC(C)Nc1cc(N2CC3(CCN(C(=O)CC(C)(C)C)CC3)C2)ccc1C=N. The molecule has 2 fully saturated rings. The summed E-state index contributed by atoms with van der Waals surface area (Å²) in [4.78, 5) is 17.0. The predicted molar refractivity (Wildman–Crippen MR) is 118 cm³/mol. The molecule has 0 aromatic heterocycles. The third kappa shape index (κ3) is 4.68. The second-order valence-electron chi connectivity index (χ2n) is 10.2. The van der Waals surface area contributed by atoms with Gasteiger partial charge in [-0.25, -0.2) is 0 Å². The lowest BCUT2D eigenvalue weighted by Crippen LogP contribution is -2.61. The van der Waals surface area contributed by atoms with E-state index in [1.54, 1.807) is 0 Å². The number of carbonyl (C=O) groups excluding carboxylic acids is 1. The molecule has 2 aliphatic heterocycles. The molecule has 1 aromatic carbocycles. The topological polar surface area (TPSA) is 59.4 Å². The summed E-state index contributed by atoms with van der Waals surface area (Å²) in [7, 11) is 0. The molecule has 2 N–H and O–H groups in total. The first-order valence-electron chi connectivity index (χ1n) is 10.5. The highest BCUT2D eigenvalue weighted by atomic mass is 16.2.